The molecular formula is C11H14BrN3O2S. The summed E-state index contributed by atoms with van der Waals surface area (Å²) in [6.45, 7) is 3.86. The van der Waals surface area contributed by atoms with Crippen molar-refractivity contribution in [1.82, 2.24) is 0 Å². The summed E-state index contributed by atoms with van der Waals surface area (Å²) < 4.78 is 28.7. The second-order valence-corrected chi connectivity index (χ2v) is 6.70. The van der Waals surface area contributed by atoms with Gasteiger partial charge >= 0.3 is 0 Å². The Bertz CT molecular complexity index is 613. The van der Waals surface area contributed by atoms with Crippen molar-refractivity contribution in [2.24, 2.45) is 16.2 Å². The van der Waals surface area contributed by atoms with Gasteiger partial charge in [0.15, 0.2) is 0 Å². The Morgan fingerprint density at radius 2 is 2.17 bits per heavy atom. The molecule has 2 rings (SSSR count). The van der Waals surface area contributed by atoms with E-state index < -0.39 is 10.0 Å². The molecule has 0 radical (unpaired) electrons. The molecule has 1 aromatic rings. The van der Waals surface area contributed by atoms with Crippen molar-refractivity contribution >= 4 is 37.5 Å². The minimum atomic E-state index is -3.67. The van der Waals surface area contributed by atoms with Crippen LogP contribution in [0, 0.1) is 5.92 Å². The van der Waals surface area contributed by atoms with Crippen LogP contribution in [0.2, 0.25) is 0 Å². The van der Waals surface area contributed by atoms with Crippen LogP contribution < -0.4 is 10.9 Å². The van der Waals surface area contributed by atoms with E-state index in [4.69, 9.17) is 5.84 Å². The van der Waals surface area contributed by atoms with E-state index in [0.717, 1.165) is 6.42 Å². The van der Waals surface area contributed by atoms with Gasteiger partial charge in [0, 0.05) is 10.4 Å². The van der Waals surface area contributed by atoms with E-state index in [1.807, 2.05) is 13.8 Å². The van der Waals surface area contributed by atoms with Gasteiger partial charge in [-0.15, -0.1) is 4.40 Å². The Morgan fingerprint density at radius 3 is 2.78 bits per heavy atom. The maximum Gasteiger partial charge on any atom is 0.286 e. The Kier molecular flexibility index (Phi) is 3.48. The zero-order chi connectivity index (χ0) is 13.5. The first-order chi connectivity index (χ1) is 8.36. The van der Waals surface area contributed by atoms with E-state index in [1.165, 1.54) is 11.1 Å². The van der Waals surface area contributed by atoms with Crippen molar-refractivity contribution in [1.29, 1.82) is 0 Å². The third kappa shape index (κ3) is 2.17. The molecule has 0 spiro atoms. The molecule has 5 nitrogen and oxygen atoms in total. The van der Waals surface area contributed by atoms with Gasteiger partial charge in [-0.2, -0.15) is 8.42 Å². The second kappa shape index (κ2) is 4.64. The number of nitrogens with zero attached hydrogens (tertiary/aromatic N) is 2. The Hall–Kier alpha value is -0.920. The molecule has 1 heterocycles. The van der Waals surface area contributed by atoms with Crippen molar-refractivity contribution < 1.29 is 8.42 Å². The number of hydrazine groups is 1. The van der Waals surface area contributed by atoms with Crippen LogP contribution in [0.4, 0.5) is 5.69 Å². The highest BCUT2D eigenvalue weighted by Gasteiger charge is 2.31. The second-order valence-electron chi connectivity index (χ2n) is 4.22. The Morgan fingerprint density at radius 1 is 1.50 bits per heavy atom. The van der Waals surface area contributed by atoms with Gasteiger partial charge in [-0.05, 0) is 24.6 Å². The zero-order valence-electron chi connectivity index (χ0n) is 10.1. The van der Waals surface area contributed by atoms with Crippen LogP contribution in [0.25, 0.3) is 0 Å². The lowest BCUT2D eigenvalue weighted by Gasteiger charge is -2.29. The number of amidine groups is 1. The molecule has 7 heteroatoms. The summed E-state index contributed by atoms with van der Waals surface area (Å²) in [7, 11) is -3.67. The van der Waals surface area contributed by atoms with Gasteiger partial charge in [0.1, 0.15) is 10.7 Å². The van der Waals surface area contributed by atoms with Crippen molar-refractivity contribution in [3.8, 4) is 0 Å². The smallest absolute Gasteiger partial charge is 0.264 e. The number of anilines is 1. The summed E-state index contributed by atoms with van der Waals surface area (Å²) >= 11 is 3.25. The first-order valence-corrected chi connectivity index (χ1v) is 7.79. The zero-order valence-corrected chi connectivity index (χ0v) is 12.5. The number of fused-ring (bicyclic) bond motifs is 1. The van der Waals surface area contributed by atoms with Gasteiger partial charge in [0.25, 0.3) is 10.0 Å². The highest BCUT2D eigenvalue weighted by atomic mass is 79.9. The SMILES string of the molecule is CCC(C)C1=NS(=O)(=O)c2cc(Br)ccc2N1N. The summed E-state index contributed by atoms with van der Waals surface area (Å²) in [6.07, 6.45) is 0.772. The summed E-state index contributed by atoms with van der Waals surface area (Å²) in [5, 5.41) is 1.36. The molecule has 1 aromatic carbocycles. The Labute approximate surface area is 115 Å². The van der Waals surface area contributed by atoms with Crippen molar-refractivity contribution in [3.05, 3.63) is 22.7 Å². The molecule has 1 aliphatic heterocycles. The molecular weight excluding hydrogens is 318 g/mol. The minimum absolute atomic E-state index is 0.0124. The number of halogens is 1. The first-order valence-electron chi connectivity index (χ1n) is 5.56. The lowest BCUT2D eigenvalue weighted by molar-refractivity contribution is 0.594. The van der Waals surface area contributed by atoms with E-state index in [9.17, 15) is 8.42 Å². The van der Waals surface area contributed by atoms with Gasteiger partial charge in [-0.1, -0.05) is 29.8 Å². The third-order valence-corrected chi connectivity index (χ3v) is 4.78. The average molecular weight is 332 g/mol. The van der Waals surface area contributed by atoms with E-state index in [0.29, 0.717) is 16.0 Å². The van der Waals surface area contributed by atoms with Crippen LogP contribution in [-0.2, 0) is 10.0 Å². The number of hydrogen-bond donors (Lipinski definition) is 1. The van der Waals surface area contributed by atoms with Crippen molar-refractivity contribution in [3.63, 3.8) is 0 Å². The van der Waals surface area contributed by atoms with E-state index in [2.05, 4.69) is 20.3 Å². The average Bonchev–Trinajstić information content (AvgIpc) is 2.33. The van der Waals surface area contributed by atoms with Crippen LogP contribution in [0.1, 0.15) is 20.3 Å². The number of sulfonamides is 1. The molecule has 2 N–H and O–H groups in total. The van der Waals surface area contributed by atoms with Gasteiger partial charge in [0.2, 0.25) is 0 Å². The summed E-state index contributed by atoms with van der Waals surface area (Å²) in [5.74, 6) is 6.33. The topological polar surface area (TPSA) is 75.8 Å². The molecule has 0 saturated heterocycles. The molecule has 18 heavy (non-hydrogen) atoms. The lowest BCUT2D eigenvalue weighted by Crippen LogP contribution is -2.44. The molecule has 0 aliphatic carbocycles. The molecule has 1 atom stereocenters. The fraction of sp³-hybridized carbons (Fsp3) is 0.364. The monoisotopic (exact) mass is 331 g/mol. The van der Waals surface area contributed by atoms with Crippen LogP contribution in [0.3, 0.4) is 0 Å². The highest BCUT2D eigenvalue weighted by molar-refractivity contribution is 9.10. The van der Waals surface area contributed by atoms with E-state index in [1.54, 1.807) is 12.1 Å². The van der Waals surface area contributed by atoms with Crippen LogP contribution in [0.5, 0.6) is 0 Å². The largest absolute Gasteiger partial charge is 0.286 e. The number of rotatable bonds is 2. The number of hydrogen-bond acceptors (Lipinski definition) is 4. The summed E-state index contributed by atoms with van der Waals surface area (Å²) in [6, 6.07) is 4.95. The van der Waals surface area contributed by atoms with Crippen LogP contribution in [0.15, 0.2) is 32.0 Å². The van der Waals surface area contributed by atoms with Crippen molar-refractivity contribution in [2.75, 3.05) is 5.01 Å². The maximum atomic E-state index is 12.1. The quantitative estimate of drug-likeness (QED) is 0.843. The summed E-state index contributed by atoms with van der Waals surface area (Å²) in [4.78, 5) is 0.131. The molecule has 98 valence electrons. The fourth-order valence-electron chi connectivity index (χ4n) is 1.74. The normalized spacial score (nSPS) is 19.1. The lowest BCUT2D eigenvalue weighted by atomic mass is 10.1. The molecule has 0 aromatic heterocycles. The minimum Gasteiger partial charge on any atom is -0.264 e. The molecule has 0 amide bonds. The predicted molar refractivity (Wildman–Crippen MR) is 74.9 cm³/mol. The molecule has 0 fully saturated rings. The van der Waals surface area contributed by atoms with Gasteiger partial charge in [0.05, 0.1) is 5.69 Å². The van der Waals surface area contributed by atoms with Crippen LogP contribution in [-0.4, -0.2) is 14.3 Å². The van der Waals surface area contributed by atoms with Gasteiger partial charge in [-0.25, -0.2) is 5.84 Å². The molecule has 1 aliphatic rings. The fourth-order valence-corrected chi connectivity index (χ4v) is 3.57. The molecule has 0 saturated carbocycles. The maximum absolute atomic E-state index is 12.1. The van der Waals surface area contributed by atoms with E-state index in [-0.39, 0.29) is 10.8 Å². The summed E-state index contributed by atoms with van der Waals surface area (Å²) in [5.41, 5.74) is 0.462. The highest BCUT2D eigenvalue weighted by Crippen LogP contribution is 2.33. The molecule has 0 bridgehead atoms. The van der Waals surface area contributed by atoms with Gasteiger partial charge < -0.3 is 0 Å². The molecule has 1 unspecified atom stereocenters. The standard InChI is InChI=1S/C11H14BrN3O2S/c1-3-7(2)11-14-18(16,17)10-6-8(12)4-5-9(10)15(11)13/h4-7H,3,13H2,1-2H3. The van der Waals surface area contributed by atoms with E-state index >= 15 is 0 Å². The Balaban J connectivity index is 2.64. The predicted octanol–water partition coefficient (Wildman–Crippen LogP) is 2.28. The number of benzene rings is 1. The van der Waals surface area contributed by atoms with Gasteiger partial charge in [-0.3, -0.25) is 5.01 Å². The van der Waals surface area contributed by atoms with Crippen molar-refractivity contribution in [2.45, 2.75) is 25.2 Å². The number of nitrogens with two attached hydrogens (primary N) is 1. The third-order valence-electron chi connectivity index (χ3n) is 2.97. The first kappa shape index (κ1) is 13.5. The van der Waals surface area contributed by atoms with Crippen LogP contribution >= 0.6 is 15.9 Å².